The fraction of sp³-hybridized carbons (Fsp3) is 0.538. The van der Waals surface area contributed by atoms with E-state index in [1.165, 1.54) is 0 Å². The Morgan fingerprint density at radius 3 is 2.79 bits per heavy atom. The maximum Gasteiger partial charge on any atom is 0.295 e. The maximum atomic E-state index is 14.0. The third-order valence-electron chi connectivity index (χ3n) is 3.63. The van der Waals surface area contributed by atoms with Crippen LogP contribution in [0, 0.1) is 21.7 Å². The van der Waals surface area contributed by atoms with Crippen LogP contribution in [0.5, 0.6) is 0 Å². The minimum atomic E-state index is -1.12. The molecule has 0 aromatic heterocycles. The SMILES string of the molecule is CCC1CCCCN1c1c([N+](=O)[O-])ccc(F)c1F. The second-order valence-electron chi connectivity index (χ2n) is 4.74. The van der Waals surface area contributed by atoms with Gasteiger partial charge in [0.05, 0.1) is 4.92 Å². The summed E-state index contributed by atoms with van der Waals surface area (Å²) in [6.07, 6.45) is 3.46. The molecule has 1 fully saturated rings. The molecule has 1 saturated heterocycles. The number of hydrogen-bond donors (Lipinski definition) is 0. The summed E-state index contributed by atoms with van der Waals surface area (Å²) in [5, 5.41) is 11.0. The van der Waals surface area contributed by atoms with Crippen LogP contribution in [0.1, 0.15) is 32.6 Å². The molecule has 0 aliphatic carbocycles. The van der Waals surface area contributed by atoms with E-state index in [1.54, 1.807) is 4.90 Å². The first-order chi connectivity index (χ1) is 9.06. The molecule has 1 heterocycles. The lowest BCUT2D eigenvalue weighted by molar-refractivity contribution is -0.384. The Bertz CT molecular complexity index is 494. The third kappa shape index (κ3) is 2.52. The summed E-state index contributed by atoms with van der Waals surface area (Å²) in [6.45, 7) is 2.48. The summed E-state index contributed by atoms with van der Waals surface area (Å²) >= 11 is 0. The van der Waals surface area contributed by atoms with Crippen molar-refractivity contribution in [3.63, 3.8) is 0 Å². The Hall–Kier alpha value is -1.72. The van der Waals surface area contributed by atoms with Gasteiger partial charge in [0.15, 0.2) is 17.3 Å². The average molecular weight is 270 g/mol. The molecule has 0 amide bonds. The van der Waals surface area contributed by atoms with Crippen LogP contribution in [0.2, 0.25) is 0 Å². The summed E-state index contributed by atoms with van der Waals surface area (Å²) in [6, 6.07) is 1.88. The summed E-state index contributed by atoms with van der Waals surface area (Å²) in [5.41, 5.74) is -0.559. The molecule has 19 heavy (non-hydrogen) atoms. The molecule has 0 bridgehead atoms. The minimum absolute atomic E-state index is 0.0313. The van der Waals surface area contributed by atoms with Crippen molar-refractivity contribution in [2.24, 2.45) is 0 Å². The van der Waals surface area contributed by atoms with E-state index in [0.29, 0.717) is 6.54 Å². The molecule has 1 aliphatic heterocycles. The highest BCUT2D eigenvalue weighted by atomic mass is 19.2. The molecule has 4 nitrogen and oxygen atoms in total. The monoisotopic (exact) mass is 270 g/mol. The first-order valence-corrected chi connectivity index (χ1v) is 6.45. The Kier molecular flexibility index (Phi) is 3.97. The van der Waals surface area contributed by atoms with E-state index in [2.05, 4.69) is 0 Å². The van der Waals surface area contributed by atoms with Crippen LogP contribution in [0.25, 0.3) is 0 Å². The minimum Gasteiger partial charge on any atom is -0.361 e. The van der Waals surface area contributed by atoms with E-state index < -0.39 is 16.6 Å². The molecule has 104 valence electrons. The zero-order valence-electron chi connectivity index (χ0n) is 10.7. The Morgan fingerprint density at radius 1 is 1.42 bits per heavy atom. The molecule has 1 unspecified atom stereocenters. The van der Waals surface area contributed by atoms with Crippen molar-refractivity contribution in [2.45, 2.75) is 38.6 Å². The van der Waals surface area contributed by atoms with Crippen LogP contribution < -0.4 is 4.90 Å². The zero-order chi connectivity index (χ0) is 14.0. The highest BCUT2D eigenvalue weighted by Crippen LogP contribution is 2.37. The van der Waals surface area contributed by atoms with Gasteiger partial charge in [0.2, 0.25) is 0 Å². The highest BCUT2D eigenvalue weighted by molar-refractivity contribution is 5.65. The first-order valence-electron chi connectivity index (χ1n) is 6.45. The molecule has 2 rings (SSSR count). The van der Waals surface area contributed by atoms with E-state index in [4.69, 9.17) is 0 Å². The van der Waals surface area contributed by atoms with Crippen LogP contribution in [0.4, 0.5) is 20.2 Å². The normalized spacial score (nSPS) is 19.5. The Labute approximate surface area is 110 Å². The summed E-state index contributed by atoms with van der Waals surface area (Å²) in [7, 11) is 0. The van der Waals surface area contributed by atoms with Crippen molar-refractivity contribution in [3.8, 4) is 0 Å². The lowest BCUT2D eigenvalue weighted by Crippen LogP contribution is -2.40. The Balaban J connectivity index is 2.52. The number of piperidine rings is 1. The summed E-state index contributed by atoms with van der Waals surface area (Å²) in [5.74, 6) is -2.16. The fourth-order valence-electron chi connectivity index (χ4n) is 2.67. The molecule has 0 spiro atoms. The van der Waals surface area contributed by atoms with Crippen LogP contribution >= 0.6 is 0 Å². The molecule has 1 aromatic carbocycles. The number of rotatable bonds is 3. The molecular weight excluding hydrogens is 254 g/mol. The van der Waals surface area contributed by atoms with Crippen molar-refractivity contribution in [1.29, 1.82) is 0 Å². The number of nitro groups is 1. The summed E-state index contributed by atoms with van der Waals surface area (Å²) in [4.78, 5) is 12.0. The number of anilines is 1. The predicted molar refractivity (Wildman–Crippen MR) is 68.3 cm³/mol. The zero-order valence-corrected chi connectivity index (χ0v) is 10.7. The van der Waals surface area contributed by atoms with Gasteiger partial charge >= 0.3 is 0 Å². The number of hydrogen-bond acceptors (Lipinski definition) is 3. The average Bonchev–Trinajstić information content (AvgIpc) is 2.41. The smallest absolute Gasteiger partial charge is 0.295 e. The van der Waals surface area contributed by atoms with Crippen LogP contribution in [0.3, 0.4) is 0 Å². The number of nitro benzene ring substituents is 1. The van der Waals surface area contributed by atoms with Gasteiger partial charge in [0.1, 0.15) is 0 Å². The number of benzene rings is 1. The van der Waals surface area contributed by atoms with E-state index >= 15 is 0 Å². The van der Waals surface area contributed by atoms with E-state index in [9.17, 15) is 18.9 Å². The molecular formula is C13H16F2N2O2. The van der Waals surface area contributed by atoms with Gasteiger partial charge in [0.25, 0.3) is 5.69 Å². The van der Waals surface area contributed by atoms with Gasteiger partial charge in [-0.15, -0.1) is 0 Å². The second kappa shape index (κ2) is 5.50. The molecule has 6 heteroatoms. The molecule has 1 aliphatic rings. The van der Waals surface area contributed by atoms with Crippen LogP contribution in [-0.4, -0.2) is 17.5 Å². The number of halogens is 2. The van der Waals surface area contributed by atoms with Gasteiger partial charge < -0.3 is 4.90 Å². The molecule has 0 N–H and O–H groups in total. The topological polar surface area (TPSA) is 46.4 Å². The predicted octanol–water partition coefficient (Wildman–Crippen LogP) is 3.64. The lowest BCUT2D eigenvalue weighted by Gasteiger charge is -2.36. The molecule has 0 saturated carbocycles. The molecule has 1 atom stereocenters. The van der Waals surface area contributed by atoms with Crippen molar-refractivity contribution in [2.75, 3.05) is 11.4 Å². The molecule has 1 aromatic rings. The largest absolute Gasteiger partial charge is 0.361 e. The van der Waals surface area contributed by atoms with E-state index in [1.807, 2.05) is 6.92 Å². The van der Waals surface area contributed by atoms with Crippen LogP contribution in [0.15, 0.2) is 12.1 Å². The second-order valence-corrected chi connectivity index (χ2v) is 4.74. The molecule has 0 radical (unpaired) electrons. The van der Waals surface area contributed by atoms with E-state index in [0.717, 1.165) is 37.8 Å². The quantitative estimate of drug-likeness (QED) is 0.622. The maximum absolute atomic E-state index is 14.0. The van der Waals surface area contributed by atoms with Crippen molar-refractivity contribution in [1.82, 2.24) is 0 Å². The number of nitrogens with zero attached hydrogens (tertiary/aromatic N) is 2. The lowest BCUT2D eigenvalue weighted by atomic mass is 9.98. The van der Waals surface area contributed by atoms with Gasteiger partial charge in [0, 0.05) is 18.7 Å². The van der Waals surface area contributed by atoms with Gasteiger partial charge in [-0.3, -0.25) is 10.1 Å². The van der Waals surface area contributed by atoms with E-state index in [-0.39, 0.29) is 17.4 Å². The Morgan fingerprint density at radius 2 is 2.16 bits per heavy atom. The van der Waals surface area contributed by atoms with Gasteiger partial charge in [-0.05, 0) is 31.7 Å². The van der Waals surface area contributed by atoms with Gasteiger partial charge in [-0.25, -0.2) is 8.78 Å². The van der Waals surface area contributed by atoms with Gasteiger partial charge in [-0.2, -0.15) is 0 Å². The van der Waals surface area contributed by atoms with Crippen molar-refractivity contribution < 1.29 is 13.7 Å². The van der Waals surface area contributed by atoms with Crippen molar-refractivity contribution in [3.05, 3.63) is 33.9 Å². The van der Waals surface area contributed by atoms with Crippen LogP contribution in [-0.2, 0) is 0 Å². The van der Waals surface area contributed by atoms with Crippen molar-refractivity contribution >= 4 is 11.4 Å². The highest BCUT2D eigenvalue weighted by Gasteiger charge is 2.31. The van der Waals surface area contributed by atoms with Gasteiger partial charge in [-0.1, -0.05) is 6.92 Å². The summed E-state index contributed by atoms with van der Waals surface area (Å²) < 4.78 is 27.4. The fourth-order valence-corrected chi connectivity index (χ4v) is 2.67. The first kappa shape index (κ1) is 13.7. The third-order valence-corrected chi connectivity index (χ3v) is 3.63. The standard InChI is InChI=1S/C13H16F2N2O2/c1-2-9-5-3-4-8-16(9)13-11(17(18)19)7-6-10(14)12(13)15/h6-7,9H,2-5,8H2,1H3.